The minimum atomic E-state index is 0.0488. The van der Waals surface area contributed by atoms with Crippen molar-refractivity contribution in [2.45, 2.75) is 39.5 Å². The topological polar surface area (TPSA) is 57.3 Å². The fourth-order valence-corrected chi connectivity index (χ4v) is 5.33. The molecule has 1 aromatic heterocycles. The molecule has 22 heavy (non-hydrogen) atoms. The first-order valence-corrected chi connectivity index (χ1v) is 9.06. The van der Waals surface area contributed by atoms with Crippen LogP contribution in [0.25, 0.3) is 0 Å². The summed E-state index contributed by atoms with van der Waals surface area (Å²) in [6, 6.07) is 2.29. The van der Waals surface area contributed by atoms with Gasteiger partial charge >= 0.3 is 0 Å². The molecular weight excluding hydrogens is 294 g/mol. The number of nitriles is 1. The molecule has 0 spiro atoms. The van der Waals surface area contributed by atoms with Crippen molar-refractivity contribution in [2.24, 2.45) is 11.8 Å². The number of carbonyl (C=O) groups excluding carboxylic acids is 1. The van der Waals surface area contributed by atoms with Crippen LogP contribution in [-0.2, 0) is 17.6 Å². The van der Waals surface area contributed by atoms with E-state index in [-0.39, 0.29) is 5.91 Å². The van der Waals surface area contributed by atoms with Crippen LogP contribution < -0.4 is 10.2 Å². The molecule has 3 rings (SSSR count). The molecule has 2 aliphatic rings. The van der Waals surface area contributed by atoms with E-state index in [0.29, 0.717) is 23.9 Å². The summed E-state index contributed by atoms with van der Waals surface area (Å²) < 4.78 is 0. The van der Waals surface area contributed by atoms with Gasteiger partial charge in [0, 0.05) is 16.7 Å². The predicted octanol–water partition coefficient (Wildman–Crippen LogP) is 1.61. The van der Waals surface area contributed by atoms with Crippen LogP contribution in [0.3, 0.4) is 0 Å². The molecule has 1 amide bonds. The number of likely N-dealkylation sites (tertiary alicyclic amines) is 1. The van der Waals surface area contributed by atoms with Crippen molar-refractivity contribution < 1.29 is 9.69 Å². The lowest BCUT2D eigenvalue weighted by atomic mass is 9.92. The van der Waals surface area contributed by atoms with E-state index in [2.05, 4.69) is 25.2 Å². The van der Waals surface area contributed by atoms with Crippen LogP contribution >= 0.6 is 11.3 Å². The van der Waals surface area contributed by atoms with Gasteiger partial charge in [-0.15, -0.1) is 11.3 Å². The van der Waals surface area contributed by atoms with E-state index in [9.17, 15) is 10.1 Å². The van der Waals surface area contributed by atoms with Crippen molar-refractivity contribution in [3.05, 3.63) is 16.0 Å². The van der Waals surface area contributed by atoms with Crippen LogP contribution in [0.2, 0.25) is 0 Å². The smallest absolute Gasteiger partial charge is 0.280 e. The summed E-state index contributed by atoms with van der Waals surface area (Å²) in [6.45, 7) is 7.20. The monoisotopic (exact) mass is 318 g/mol. The predicted molar refractivity (Wildman–Crippen MR) is 88.2 cm³/mol. The number of quaternary nitrogens is 1. The summed E-state index contributed by atoms with van der Waals surface area (Å²) in [5.41, 5.74) is 1.89. The summed E-state index contributed by atoms with van der Waals surface area (Å²) in [4.78, 5) is 15.0. The Morgan fingerprint density at radius 1 is 1.36 bits per heavy atom. The number of rotatable bonds is 3. The molecule has 1 aliphatic heterocycles. The molecule has 0 radical (unpaired) electrons. The maximum absolute atomic E-state index is 12.4. The summed E-state index contributed by atoms with van der Waals surface area (Å²) in [6.07, 6.45) is 4.44. The molecule has 2 N–H and O–H groups in total. The van der Waals surface area contributed by atoms with Gasteiger partial charge in [-0.05, 0) is 31.2 Å². The van der Waals surface area contributed by atoms with Crippen molar-refractivity contribution in [1.82, 2.24) is 0 Å². The van der Waals surface area contributed by atoms with Crippen LogP contribution in [0, 0.1) is 23.2 Å². The van der Waals surface area contributed by atoms with Gasteiger partial charge in [-0.25, -0.2) is 0 Å². The van der Waals surface area contributed by atoms with Crippen LogP contribution in [0.15, 0.2) is 0 Å². The SMILES string of the molecule is C[C@@H]1C[C@@H](C)C[NH+](CC(=O)Nc2sc3c(c2C#N)CCC3)C1. The molecule has 5 heteroatoms. The normalized spacial score (nSPS) is 27.2. The number of amides is 1. The first-order chi connectivity index (χ1) is 10.6. The largest absolute Gasteiger partial charge is 0.327 e. The molecule has 4 nitrogen and oxygen atoms in total. The number of nitrogens with zero attached hydrogens (tertiary/aromatic N) is 1. The zero-order valence-electron chi connectivity index (χ0n) is 13.4. The highest BCUT2D eigenvalue weighted by Crippen LogP contribution is 2.38. The van der Waals surface area contributed by atoms with Gasteiger partial charge in [-0.3, -0.25) is 4.79 Å². The Morgan fingerprint density at radius 2 is 2.09 bits per heavy atom. The van der Waals surface area contributed by atoms with Crippen LogP contribution in [0.5, 0.6) is 0 Å². The molecule has 2 atom stereocenters. The number of fused-ring (bicyclic) bond motifs is 1. The Bertz CT molecular complexity index is 606. The zero-order valence-corrected chi connectivity index (χ0v) is 14.2. The van der Waals surface area contributed by atoms with Crippen molar-refractivity contribution in [3.8, 4) is 6.07 Å². The van der Waals surface area contributed by atoms with E-state index >= 15 is 0 Å². The van der Waals surface area contributed by atoms with Gasteiger partial charge in [-0.1, -0.05) is 13.8 Å². The average Bonchev–Trinajstić information content (AvgIpc) is 2.97. The van der Waals surface area contributed by atoms with Gasteiger partial charge in [-0.2, -0.15) is 5.26 Å². The van der Waals surface area contributed by atoms with Crippen LogP contribution in [0.1, 0.15) is 42.7 Å². The molecule has 1 fully saturated rings. The Kier molecular flexibility index (Phi) is 4.51. The van der Waals surface area contributed by atoms with Crippen molar-refractivity contribution >= 4 is 22.2 Å². The summed E-state index contributed by atoms with van der Waals surface area (Å²) in [7, 11) is 0. The first-order valence-electron chi connectivity index (χ1n) is 8.24. The van der Waals surface area contributed by atoms with E-state index in [0.717, 1.165) is 37.4 Å². The summed E-state index contributed by atoms with van der Waals surface area (Å²) in [5, 5.41) is 13.2. The third-order valence-corrected chi connectivity index (χ3v) is 5.98. The first kappa shape index (κ1) is 15.5. The lowest BCUT2D eigenvalue weighted by Gasteiger charge is -2.31. The quantitative estimate of drug-likeness (QED) is 0.889. The highest BCUT2D eigenvalue weighted by molar-refractivity contribution is 7.16. The number of anilines is 1. The van der Waals surface area contributed by atoms with Crippen molar-refractivity contribution in [1.29, 1.82) is 5.26 Å². The maximum atomic E-state index is 12.4. The molecular formula is C17H24N3OS+. The van der Waals surface area contributed by atoms with Gasteiger partial charge in [0.15, 0.2) is 6.54 Å². The van der Waals surface area contributed by atoms with E-state index < -0.39 is 0 Å². The minimum absolute atomic E-state index is 0.0488. The third-order valence-electron chi connectivity index (χ3n) is 4.78. The number of aryl methyl sites for hydroxylation is 1. The molecule has 2 heterocycles. The molecule has 0 saturated carbocycles. The fraction of sp³-hybridized carbons (Fsp3) is 0.647. The van der Waals surface area contributed by atoms with Crippen molar-refractivity contribution in [2.75, 3.05) is 25.0 Å². The second-order valence-electron chi connectivity index (χ2n) is 7.00. The van der Waals surface area contributed by atoms with Gasteiger partial charge in [0.2, 0.25) is 0 Å². The lowest BCUT2D eigenvalue weighted by molar-refractivity contribution is -0.904. The van der Waals surface area contributed by atoms with E-state index in [1.54, 1.807) is 11.3 Å². The third kappa shape index (κ3) is 3.18. The Balaban J connectivity index is 1.64. The highest BCUT2D eigenvalue weighted by atomic mass is 32.1. The molecule has 118 valence electrons. The van der Waals surface area contributed by atoms with Crippen LogP contribution in [0.4, 0.5) is 5.00 Å². The second-order valence-corrected chi connectivity index (χ2v) is 8.11. The standard InChI is InChI=1S/C17H23N3OS/c1-11-6-12(2)9-20(8-11)10-16(21)19-17-14(7-18)13-4-3-5-15(13)22-17/h11-12H,3-6,8-10H2,1-2H3,(H,19,21)/p+1/t11-,12-/m1/s1. The summed E-state index contributed by atoms with van der Waals surface area (Å²) in [5.74, 6) is 1.42. The van der Waals surface area contributed by atoms with Crippen molar-refractivity contribution in [3.63, 3.8) is 0 Å². The number of hydrogen-bond acceptors (Lipinski definition) is 3. The fourth-order valence-electron chi connectivity index (χ4n) is 4.08. The van der Waals surface area contributed by atoms with Gasteiger partial charge in [0.1, 0.15) is 11.1 Å². The number of nitrogens with one attached hydrogen (secondary N) is 2. The zero-order chi connectivity index (χ0) is 15.7. The molecule has 0 unspecified atom stereocenters. The van der Waals surface area contributed by atoms with Gasteiger partial charge in [0.25, 0.3) is 5.91 Å². The van der Waals surface area contributed by atoms with E-state index in [1.165, 1.54) is 21.8 Å². The lowest BCUT2D eigenvalue weighted by Crippen LogP contribution is -3.15. The Labute approximate surface area is 136 Å². The molecule has 1 aliphatic carbocycles. The highest BCUT2D eigenvalue weighted by Gasteiger charge is 2.28. The number of piperidine rings is 1. The maximum Gasteiger partial charge on any atom is 0.280 e. The van der Waals surface area contributed by atoms with E-state index in [1.807, 2.05) is 0 Å². The van der Waals surface area contributed by atoms with Gasteiger partial charge in [0.05, 0.1) is 18.7 Å². The summed E-state index contributed by atoms with van der Waals surface area (Å²) >= 11 is 1.60. The Hall–Kier alpha value is -1.38. The molecule has 0 bridgehead atoms. The molecule has 1 aromatic rings. The van der Waals surface area contributed by atoms with Gasteiger partial charge < -0.3 is 10.2 Å². The molecule has 1 saturated heterocycles. The number of carbonyl (C=O) groups is 1. The minimum Gasteiger partial charge on any atom is -0.327 e. The number of hydrogen-bond donors (Lipinski definition) is 2. The van der Waals surface area contributed by atoms with E-state index in [4.69, 9.17) is 0 Å². The Morgan fingerprint density at radius 3 is 2.77 bits per heavy atom. The molecule has 0 aromatic carbocycles. The number of thiophene rings is 1. The van der Waals surface area contributed by atoms with Crippen LogP contribution in [-0.4, -0.2) is 25.5 Å². The second kappa shape index (κ2) is 6.39. The average molecular weight is 318 g/mol.